The van der Waals surface area contributed by atoms with E-state index in [0.29, 0.717) is 11.4 Å². The molecule has 0 aliphatic heterocycles. The van der Waals surface area contributed by atoms with E-state index in [4.69, 9.17) is 10.8 Å². The molecule has 0 saturated heterocycles. The summed E-state index contributed by atoms with van der Waals surface area (Å²) in [6.45, 7) is 0. The summed E-state index contributed by atoms with van der Waals surface area (Å²) in [5.41, 5.74) is 6.20. The first-order valence-electron chi connectivity index (χ1n) is 12.6. The second-order valence-corrected chi connectivity index (χ2v) is 9.46. The second-order valence-electron chi connectivity index (χ2n) is 9.46. The molecule has 5 aromatic carbocycles. The fraction of sp³-hybridized carbons (Fsp3) is 0. The van der Waals surface area contributed by atoms with Crippen molar-refractivity contribution in [3.8, 4) is 5.69 Å². The summed E-state index contributed by atoms with van der Waals surface area (Å²) in [5.74, 6) is 0. The molecule has 0 radical (unpaired) electrons. The molecule has 7 rings (SSSR count). The number of aromatic nitrogens is 2. The monoisotopic (exact) mass is 488 g/mol. The summed E-state index contributed by atoms with van der Waals surface area (Å²) in [6, 6.07) is 39.4. The summed E-state index contributed by atoms with van der Waals surface area (Å²) in [6.07, 6.45) is 5.26. The Labute approximate surface area is 219 Å². The lowest BCUT2D eigenvalue weighted by Gasteiger charge is -2.12. The Morgan fingerprint density at radius 2 is 1.37 bits per heavy atom. The molecule has 2 N–H and O–H groups in total. The third kappa shape index (κ3) is 3.39. The molecule has 0 atom stereocenters. The van der Waals surface area contributed by atoms with Crippen LogP contribution in [0, 0.1) is 10.8 Å². The summed E-state index contributed by atoms with van der Waals surface area (Å²) in [4.78, 5) is 0. The van der Waals surface area contributed by atoms with Gasteiger partial charge in [0.25, 0.3) is 0 Å². The van der Waals surface area contributed by atoms with E-state index in [1.807, 2.05) is 42.5 Å². The van der Waals surface area contributed by atoms with E-state index in [9.17, 15) is 0 Å². The Balaban J connectivity index is 1.53. The van der Waals surface area contributed by atoms with E-state index < -0.39 is 0 Å². The van der Waals surface area contributed by atoms with E-state index in [-0.39, 0.29) is 0 Å². The highest BCUT2D eigenvalue weighted by Gasteiger charge is 2.17. The van der Waals surface area contributed by atoms with E-state index in [1.165, 1.54) is 6.21 Å². The van der Waals surface area contributed by atoms with Crippen LogP contribution in [0.2, 0.25) is 0 Å². The van der Waals surface area contributed by atoms with Crippen LogP contribution in [0.15, 0.2) is 128 Å². The zero-order valence-electron chi connectivity index (χ0n) is 20.6. The van der Waals surface area contributed by atoms with Gasteiger partial charge >= 0.3 is 0 Å². The smallest absolute Gasteiger partial charge is 0.0659 e. The second kappa shape index (κ2) is 8.71. The van der Waals surface area contributed by atoms with Crippen molar-refractivity contribution >= 4 is 61.1 Å². The number of para-hydroxylation sites is 2. The predicted molar refractivity (Wildman–Crippen MR) is 160 cm³/mol. The fourth-order valence-corrected chi connectivity index (χ4v) is 5.52. The standard InChI is InChI=1S/C34H24N4/c35-22-27(21-31(36)23-9-3-1-4-10-23)38-32-14-8-7-13-28(32)29-16-15-24-20-33-25(19-30(24)34(29)38)17-18-37(33)26-11-5-2-6-12-26/h1-22,35-36H/b27-21+,35-22?,36-31?. The minimum atomic E-state index is 0.373. The van der Waals surface area contributed by atoms with Gasteiger partial charge in [-0.15, -0.1) is 0 Å². The van der Waals surface area contributed by atoms with E-state index in [0.717, 1.165) is 54.7 Å². The van der Waals surface area contributed by atoms with Crippen molar-refractivity contribution in [1.82, 2.24) is 9.13 Å². The van der Waals surface area contributed by atoms with Gasteiger partial charge < -0.3 is 20.0 Å². The minimum absolute atomic E-state index is 0.373. The molecule has 0 saturated carbocycles. The summed E-state index contributed by atoms with van der Waals surface area (Å²) < 4.78 is 4.36. The largest absolute Gasteiger partial charge is 0.317 e. The van der Waals surface area contributed by atoms with E-state index in [2.05, 4.69) is 88.1 Å². The Hall–Kier alpha value is -5.22. The quantitative estimate of drug-likeness (QED) is 0.228. The molecule has 2 heterocycles. The van der Waals surface area contributed by atoms with Crippen molar-refractivity contribution in [2.45, 2.75) is 0 Å². The van der Waals surface area contributed by atoms with Crippen molar-refractivity contribution in [1.29, 1.82) is 10.8 Å². The topological polar surface area (TPSA) is 57.6 Å². The molecule has 0 spiro atoms. The Morgan fingerprint density at radius 3 is 2.16 bits per heavy atom. The van der Waals surface area contributed by atoms with Gasteiger partial charge in [0.05, 0.1) is 28.0 Å². The first-order valence-corrected chi connectivity index (χ1v) is 12.6. The average Bonchev–Trinajstić information content (AvgIpc) is 3.54. The number of hydrogen-bond donors (Lipinski definition) is 2. The highest BCUT2D eigenvalue weighted by Crippen LogP contribution is 2.38. The average molecular weight is 489 g/mol. The van der Waals surface area contributed by atoms with Crippen LogP contribution in [-0.2, 0) is 0 Å². The van der Waals surface area contributed by atoms with Crippen LogP contribution in [0.5, 0.6) is 0 Å². The molecule has 180 valence electrons. The normalized spacial score (nSPS) is 12.1. The predicted octanol–water partition coefficient (Wildman–Crippen LogP) is 8.45. The van der Waals surface area contributed by atoms with Crippen LogP contribution in [0.1, 0.15) is 5.56 Å². The number of nitrogens with zero attached hydrogens (tertiary/aromatic N) is 2. The molecule has 4 nitrogen and oxygen atoms in total. The highest BCUT2D eigenvalue weighted by molar-refractivity contribution is 6.25. The lowest BCUT2D eigenvalue weighted by molar-refractivity contribution is 1.13. The molecule has 0 aliphatic rings. The van der Waals surface area contributed by atoms with Gasteiger partial charge in [0, 0.05) is 39.6 Å². The molecule has 0 amide bonds. The molecule has 2 aromatic heterocycles. The van der Waals surface area contributed by atoms with Crippen molar-refractivity contribution in [2.24, 2.45) is 0 Å². The summed E-state index contributed by atoms with van der Waals surface area (Å²) in [7, 11) is 0. The lowest BCUT2D eigenvalue weighted by Crippen LogP contribution is -2.03. The third-order valence-corrected chi connectivity index (χ3v) is 7.28. The Morgan fingerprint density at radius 1 is 0.632 bits per heavy atom. The molecule has 0 bridgehead atoms. The molecule has 0 fully saturated rings. The van der Waals surface area contributed by atoms with Crippen molar-refractivity contribution in [3.63, 3.8) is 0 Å². The summed E-state index contributed by atoms with van der Waals surface area (Å²) >= 11 is 0. The number of hydrogen-bond acceptors (Lipinski definition) is 2. The van der Waals surface area contributed by atoms with Crippen LogP contribution in [0.3, 0.4) is 0 Å². The SMILES string of the molecule is N=C/C(=C\C(=N)c1ccccc1)n1c2ccccc2c2ccc3cc4c(ccn4-c4ccccc4)cc3c21. The first-order chi connectivity index (χ1) is 18.7. The first kappa shape index (κ1) is 22.0. The molecular formula is C34H24N4. The van der Waals surface area contributed by atoms with Crippen LogP contribution in [-0.4, -0.2) is 21.1 Å². The van der Waals surface area contributed by atoms with Gasteiger partial charge in [0.1, 0.15) is 0 Å². The lowest BCUT2D eigenvalue weighted by atomic mass is 10.0. The number of fused-ring (bicyclic) bond motifs is 6. The maximum Gasteiger partial charge on any atom is 0.0659 e. The van der Waals surface area contributed by atoms with E-state index >= 15 is 0 Å². The van der Waals surface area contributed by atoms with Gasteiger partial charge in [-0.2, -0.15) is 0 Å². The fourth-order valence-electron chi connectivity index (χ4n) is 5.52. The third-order valence-electron chi connectivity index (χ3n) is 7.28. The molecule has 0 unspecified atom stereocenters. The van der Waals surface area contributed by atoms with Gasteiger partial charge in [0.2, 0.25) is 0 Å². The minimum Gasteiger partial charge on any atom is -0.317 e. The number of allylic oxidation sites excluding steroid dienone is 2. The maximum atomic E-state index is 8.74. The van der Waals surface area contributed by atoms with Gasteiger partial charge in [0.15, 0.2) is 0 Å². The van der Waals surface area contributed by atoms with Gasteiger partial charge in [-0.05, 0) is 53.4 Å². The highest BCUT2D eigenvalue weighted by atomic mass is 15.0. The molecule has 38 heavy (non-hydrogen) atoms. The van der Waals surface area contributed by atoms with Gasteiger partial charge in [-0.25, -0.2) is 0 Å². The molecule has 4 heteroatoms. The number of benzene rings is 5. The Bertz CT molecular complexity index is 2040. The molecular weight excluding hydrogens is 464 g/mol. The van der Waals surface area contributed by atoms with E-state index in [1.54, 1.807) is 6.08 Å². The van der Waals surface area contributed by atoms with Crippen LogP contribution < -0.4 is 0 Å². The van der Waals surface area contributed by atoms with Crippen LogP contribution >= 0.6 is 0 Å². The summed E-state index contributed by atoms with van der Waals surface area (Å²) in [5, 5.41) is 22.8. The zero-order chi connectivity index (χ0) is 25.6. The number of rotatable bonds is 5. The molecule has 0 aliphatic carbocycles. The zero-order valence-corrected chi connectivity index (χ0v) is 20.6. The van der Waals surface area contributed by atoms with Crippen LogP contribution in [0.25, 0.3) is 54.9 Å². The van der Waals surface area contributed by atoms with Gasteiger partial charge in [-0.3, -0.25) is 0 Å². The number of nitrogens with one attached hydrogen (secondary N) is 2. The van der Waals surface area contributed by atoms with Crippen LogP contribution in [0.4, 0.5) is 0 Å². The van der Waals surface area contributed by atoms with Crippen molar-refractivity contribution in [2.75, 3.05) is 0 Å². The molecule has 7 aromatic rings. The Kier molecular flexibility index (Phi) is 5.05. The van der Waals surface area contributed by atoms with Gasteiger partial charge in [-0.1, -0.05) is 78.9 Å². The maximum absolute atomic E-state index is 8.74. The van der Waals surface area contributed by atoms with Crippen molar-refractivity contribution in [3.05, 3.63) is 133 Å². The van der Waals surface area contributed by atoms with Crippen molar-refractivity contribution < 1.29 is 0 Å².